The quantitative estimate of drug-likeness (QED) is 0.516. The molecule has 134 valence electrons. The van der Waals surface area contributed by atoms with Gasteiger partial charge in [-0.2, -0.15) is 5.26 Å². The number of esters is 1. The largest absolute Gasteiger partial charge is 0.488 e. The summed E-state index contributed by atoms with van der Waals surface area (Å²) in [4.78, 5) is 16.6. The number of fused-ring (bicyclic) bond motifs is 2. The third kappa shape index (κ3) is 3.47. The Kier molecular flexibility index (Phi) is 4.71. The highest BCUT2D eigenvalue weighted by molar-refractivity contribution is 5.87. The van der Waals surface area contributed by atoms with Crippen LogP contribution in [0.25, 0.3) is 10.9 Å². The number of aromatic nitrogens is 1. The van der Waals surface area contributed by atoms with Gasteiger partial charge in [0, 0.05) is 11.6 Å². The maximum Gasteiger partial charge on any atom is 0.309 e. The van der Waals surface area contributed by atoms with Gasteiger partial charge in [-0.05, 0) is 36.1 Å². The Morgan fingerprint density at radius 2 is 1.78 bits per heavy atom. The van der Waals surface area contributed by atoms with E-state index in [0.717, 1.165) is 23.7 Å². The number of pyridine rings is 1. The Balaban J connectivity index is 1.35. The van der Waals surface area contributed by atoms with Gasteiger partial charge in [-0.25, -0.2) is 0 Å². The average Bonchev–Trinajstić information content (AvgIpc) is 3.15. The van der Waals surface area contributed by atoms with Crippen molar-refractivity contribution in [2.24, 2.45) is 5.92 Å². The first-order valence-corrected chi connectivity index (χ1v) is 8.90. The fourth-order valence-electron chi connectivity index (χ4n) is 3.48. The van der Waals surface area contributed by atoms with Crippen LogP contribution in [-0.2, 0) is 22.4 Å². The van der Waals surface area contributed by atoms with E-state index in [1.54, 1.807) is 0 Å². The van der Waals surface area contributed by atoms with Crippen molar-refractivity contribution in [3.8, 4) is 11.8 Å². The van der Waals surface area contributed by atoms with E-state index in [9.17, 15) is 10.1 Å². The summed E-state index contributed by atoms with van der Waals surface area (Å²) in [6, 6.07) is 17.7. The van der Waals surface area contributed by atoms with Crippen molar-refractivity contribution < 1.29 is 14.3 Å². The standard InChI is InChI=1S/C22H18N2O3/c23-13-18-14-24-20-8-4-3-7-19(20)21(18)26-9-10-27-22(25)17-11-15-5-1-2-6-16(15)12-17/h1-8,14,17H,9-12H2. The topological polar surface area (TPSA) is 72.2 Å². The molecule has 1 heterocycles. The van der Waals surface area contributed by atoms with Gasteiger partial charge in [0.05, 0.1) is 11.4 Å². The molecule has 0 spiro atoms. The van der Waals surface area contributed by atoms with Crippen LogP contribution < -0.4 is 4.74 Å². The minimum atomic E-state index is -0.199. The van der Waals surface area contributed by atoms with Crippen molar-refractivity contribution in [2.45, 2.75) is 12.8 Å². The molecule has 1 aliphatic rings. The monoisotopic (exact) mass is 358 g/mol. The van der Waals surface area contributed by atoms with Gasteiger partial charge in [0.1, 0.15) is 30.6 Å². The molecule has 0 amide bonds. The van der Waals surface area contributed by atoms with E-state index < -0.39 is 0 Å². The second-order valence-electron chi connectivity index (χ2n) is 6.52. The number of ether oxygens (including phenoxy) is 2. The second-order valence-corrected chi connectivity index (χ2v) is 6.52. The highest BCUT2D eigenvalue weighted by atomic mass is 16.6. The molecule has 0 saturated carbocycles. The van der Waals surface area contributed by atoms with Crippen molar-refractivity contribution in [2.75, 3.05) is 13.2 Å². The first-order valence-electron chi connectivity index (χ1n) is 8.90. The second kappa shape index (κ2) is 7.46. The van der Waals surface area contributed by atoms with E-state index in [2.05, 4.69) is 23.2 Å². The summed E-state index contributed by atoms with van der Waals surface area (Å²) in [5.74, 6) is 0.154. The van der Waals surface area contributed by atoms with Crippen LogP contribution in [0.1, 0.15) is 16.7 Å². The molecule has 2 aromatic carbocycles. The molecule has 0 N–H and O–H groups in total. The van der Waals surface area contributed by atoms with E-state index in [-0.39, 0.29) is 25.1 Å². The molecule has 5 nitrogen and oxygen atoms in total. The zero-order chi connectivity index (χ0) is 18.6. The average molecular weight is 358 g/mol. The SMILES string of the molecule is N#Cc1cnc2ccccc2c1OCCOC(=O)C1Cc2ccccc2C1. The summed E-state index contributed by atoms with van der Waals surface area (Å²) in [6.45, 7) is 0.335. The molecule has 1 aromatic heterocycles. The maximum absolute atomic E-state index is 12.3. The molecule has 27 heavy (non-hydrogen) atoms. The summed E-state index contributed by atoms with van der Waals surface area (Å²) in [7, 11) is 0. The molecule has 0 aliphatic heterocycles. The summed E-state index contributed by atoms with van der Waals surface area (Å²) in [5, 5.41) is 10.1. The molecule has 4 rings (SSSR count). The number of para-hydroxylation sites is 1. The van der Waals surface area contributed by atoms with Gasteiger partial charge in [-0.3, -0.25) is 9.78 Å². The Labute approximate surface area is 157 Å². The number of hydrogen-bond acceptors (Lipinski definition) is 5. The highest BCUT2D eigenvalue weighted by Crippen LogP contribution is 2.28. The molecular formula is C22H18N2O3. The fraction of sp³-hybridized carbons (Fsp3) is 0.227. The Bertz CT molecular complexity index is 1010. The molecule has 0 fully saturated rings. The van der Waals surface area contributed by atoms with Crippen molar-refractivity contribution in [3.05, 3.63) is 71.4 Å². The molecule has 0 radical (unpaired) electrons. The van der Waals surface area contributed by atoms with Gasteiger partial charge in [-0.1, -0.05) is 36.4 Å². The third-order valence-electron chi connectivity index (χ3n) is 4.80. The number of carbonyl (C=O) groups is 1. The zero-order valence-corrected chi connectivity index (χ0v) is 14.7. The Hall–Kier alpha value is -3.39. The molecule has 0 bridgehead atoms. The van der Waals surface area contributed by atoms with Crippen LogP contribution in [0.15, 0.2) is 54.7 Å². The lowest BCUT2D eigenvalue weighted by Gasteiger charge is -2.12. The molecule has 0 saturated heterocycles. The lowest BCUT2D eigenvalue weighted by molar-refractivity contribution is -0.148. The first kappa shape index (κ1) is 17.0. The minimum absolute atomic E-state index is 0.126. The minimum Gasteiger partial charge on any atom is -0.488 e. The van der Waals surface area contributed by atoms with Crippen molar-refractivity contribution in [1.29, 1.82) is 5.26 Å². The number of benzene rings is 2. The van der Waals surface area contributed by atoms with Gasteiger partial charge in [-0.15, -0.1) is 0 Å². The molecule has 1 aliphatic carbocycles. The fourth-order valence-corrected chi connectivity index (χ4v) is 3.48. The van der Waals surface area contributed by atoms with Gasteiger partial charge >= 0.3 is 5.97 Å². The number of carbonyl (C=O) groups excluding carboxylic acids is 1. The van der Waals surface area contributed by atoms with Crippen LogP contribution in [-0.4, -0.2) is 24.2 Å². The van der Waals surface area contributed by atoms with Crippen molar-refractivity contribution >= 4 is 16.9 Å². The smallest absolute Gasteiger partial charge is 0.309 e. The predicted octanol–water partition coefficient (Wildman–Crippen LogP) is 3.44. The van der Waals surface area contributed by atoms with Gasteiger partial charge in [0.2, 0.25) is 0 Å². The van der Waals surface area contributed by atoms with Gasteiger partial charge < -0.3 is 9.47 Å². The summed E-state index contributed by atoms with van der Waals surface area (Å²) in [5.41, 5.74) is 3.56. The number of nitriles is 1. The number of nitrogens with zero attached hydrogens (tertiary/aromatic N) is 2. The van der Waals surface area contributed by atoms with E-state index in [0.29, 0.717) is 11.3 Å². The summed E-state index contributed by atoms with van der Waals surface area (Å²) in [6.07, 6.45) is 2.95. The predicted molar refractivity (Wildman–Crippen MR) is 100 cm³/mol. The van der Waals surface area contributed by atoms with E-state index in [1.165, 1.54) is 17.3 Å². The maximum atomic E-state index is 12.3. The lowest BCUT2D eigenvalue weighted by atomic mass is 10.1. The third-order valence-corrected chi connectivity index (χ3v) is 4.80. The highest BCUT2D eigenvalue weighted by Gasteiger charge is 2.28. The van der Waals surface area contributed by atoms with Crippen LogP contribution >= 0.6 is 0 Å². The van der Waals surface area contributed by atoms with Crippen LogP contribution in [0.4, 0.5) is 0 Å². The van der Waals surface area contributed by atoms with E-state index >= 15 is 0 Å². The van der Waals surface area contributed by atoms with Crippen molar-refractivity contribution in [1.82, 2.24) is 4.98 Å². The first-order chi connectivity index (χ1) is 13.3. The van der Waals surface area contributed by atoms with Crippen LogP contribution in [0.3, 0.4) is 0 Å². The van der Waals surface area contributed by atoms with E-state index in [1.807, 2.05) is 36.4 Å². The number of hydrogen-bond donors (Lipinski definition) is 0. The Morgan fingerprint density at radius 3 is 2.52 bits per heavy atom. The van der Waals surface area contributed by atoms with Crippen LogP contribution in [0.5, 0.6) is 5.75 Å². The molecule has 0 unspecified atom stereocenters. The van der Waals surface area contributed by atoms with Gasteiger partial charge in [0.15, 0.2) is 0 Å². The van der Waals surface area contributed by atoms with Crippen LogP contribution in [0, 0.1) is 17.2 Å². The molecule has 5 heteroatoms. The zero-order valence-electron chi connectivity index (χ0n) is 14.7. The van der Waals surface area contributed by atoms with Gasteiger partial charge in [0.25, 0.3) is 0 Å². The molecule has 3 aromatic rings. The molecular weight excluding hydrogens is 340 g/mol. The summed E-state index contributed by atoms with van der Waals surface area (Å²) >= 11 is 0. The normalized spacial score (nSPS) is 13.1. The van der Waals surface area contributed by atoms with Crippen molar-refractivity contribution in [3.63, 3.8) is 0 Å². The lowest BCUT2D eigenvalue weighted by Crippen LogP contribution is -2.21. The van der Waals surface area contributed by atoms with E-state index in [4.69, 9.17) is 9.47 Å². The molecule has 0 atom stereocenters. The number of rotatable bonds is 5. The Morgan fingerprint density at radius 1 is 1.07 bits per heavy atom. The van der Waals surface area contributed by atoms with Crippen LogP contribution in [0.2, 0.25) is 0 Å². The summed E-state index contributed by atoms with van der Waals surface area (Å²) < 4.78 is 11.2.